The van der Waals surface area contributed by atoms with Crippen molar-refractivity contribution in [3.05, 3.63) is 24.7 Å². The van der Waals surface area contributed by atoms with Crippen LogP contribution in [0, 0.1) is 0 Å². The minimum absolute atomic E-state index is 0. The van der Waals surface area contributed by atoms with E-state index in [0.717, 1.165) is 0 Å². The van der Waals surface area contributed by atoms with Gasteiger partial charge >= 0.3 is 17.1 Å². The van der Waals surface area contributed by atoms with Crippen LogP contribution in [-0.2, 0) is 17.1 Å². The Bertz CT molecular complexity index is 69.1. The van der Waals surface area contributed by atoms with E-state index in [-0.39, 0.29) is 28.6 Å². The standard InChI is InChI=1S/2C3H6O.Mn/c2*1-3(2)4;/h2*4H,1H2,2H3;/q;;+2/p-2. The molecule has 0 N–H and O–H groups in total. The van der Waals surface area contributed by atoms with Crippen molar-refractivity contribution < 1.29 is 27.3 Å². The summed E-state index contributed by atoms with van der Waals surface area (Å²) in [5.41, 5.74) is 0. The molecule has 0 amide bonds. The van der Waals surface area contributed by atoms with Gasteiger partial charge in [0, 0.05) is 0 Å². The van der Waals surface area contributed by atoms with Gasteiger partial charge in [0.2, 0.25) is 0 Å². The molecule has 0 saturated heterocycles. The van der Waals surface area contributed by atoms with Crippen molar-refractivity contribution in [1.29, 1.82) is 0 Å². The van der Waals surface area contributed by atoms with E-state index in [1.807, 2.05) is 0 Å². The molecule has 0 aromatic heterocycles. The van der Waals surface area contributed by atoms with Gasteiger partial charge in [0.1, 0.15) is 0 Å². The van der Waals surface area contributed by atoms with Crippen LogP contribution in [0.5, 0.6) is 0 Å². The van der Waals surface area contributed by atoms with Crippen LogP contribution < -0.4 is 10.2 Å². The SMILES string of the molecule is C=C(C)[O-].C=C(C)[O-].[Mn+2]. The third kappa shape index (κ3) is 1490. The van der Waals surface area contributed by atoms with E-state index in [1.165, 1.54) is 13.8 Å². The van der Waals surface area contributed by atoms with Crippen molar-refractivity contribution in [3.63, 3.8) is 0 Å². The zero-order valence-corrected chi connectivity index (χ0v) is 6.79. The molecule has 0 aromatic carbocycles. The van der Waals surface area contributed by atoms with Gasteiger partial charge in [-0.3, -0.25) is 0 Å². The average molecular weight is 169 g/mol. The smallest absolute Gasteiger partial charge is 0.876 e. The summed E-state index contributed by atoms with van der Waals surface area (Å²) < 4.78 is 0. The van der Waals surface area contributed by atoms with Crippen LogP contribution in [-0.4, -0.2) is 0 Å². The van der Waals surface area contributed by atoms with Crippen molar-refractivity contribution in [2.24, 2.45) is 0 Å². The molecule has 0 fully saturated rings. The summed E-state index contributed by atoms with van der Waals surface area (Å²) >= 11 is 0. The summed E-state index contributed by atoms with van der Waals surface area (Å²) in [6, 6.07) is 0. The summed E-state index contributed by atoms with van der Waals surface area (Å²) in [5.74, 6) is -0.167. The molecule has 1 radical (unpaired) electrons. The van der Waals surface area contributed by atoms with Crippen LogP contribution in [0.4, 0.5) is 0 Å². The fraction of sp³-hybridized carbons (Fsp3) is 0.333. The summed E-state index contributed by atoms with van der Waals surface area (Å²) in [5, 5.41) is 18.7. The minimum Gasteiger partial charge on any atom is -0.876 e. The Morgan fingerprint density at radius 2 is 1.00 bits per heavy atom. The van der Waals surface area contributed by atoms with E-state index < -0.39 is 0 Å². The maximum Gasteiger partial charge on any atom is 2.00 e. The average Bonchev–Trinajstić information content (AvgIpc) is 1.25. The summed E-state index contributed by atoms with van der Waals surface area (Å²) in [6.07, 6.45) is 0. The number of hydrogen-bond donors (Lipinski definition) is 0. The van der Waals surface area contributed by atoms with Crippen molar-refractivity contribution in [1.82, 2.24) is 0 Å². The summed E-state index contributed by atoms with van der Waals surface area (Å²) in [4.78, 5) is 0. The molecule has 0 atom stereocenters. The van der Waals surface area contributed by atoms with Crippen molar-refractivity contribution in [3.8, 4) is 0 Å². The second kappa shape index (κ2) is 10.6. The zero-order chi connectivity index (χ0) is 7.15. The summed E-state index contributed by atoms with van der Waals surface area (Å²) in [6.45, 7) is 8.83. The fourth-order valence-electron chi connectivity index (χ4n) is 0. The van der Waals surface area contributed by atoms with Crippen LogP contribution >= 0.6 is 0 Å². The fourth-order valence-corrected chi connectivity index (χ4v) is 0. The van der Waals surface area contributed by atoms with Crippen molar-refractivity contribution in [2.75, 3.05) is 0 Å². The Balaban J connectivity index is -0.0000000720. The molecule has 0 aliphatic carbocycles. The van der Waals surface area contributed by atoms with Crippen molar-refractivity contribution >= 4 is 0 Å². The normalized spacial score (nSPS) is 5.56. The topological polar surface area (TPSA) is 46.1 Å². The predicted molar refractivity (Wildman–Crippen MR) is 29.6 cm³/mol. The van der Waals surface area contributed by atoms with Gasteiger partial charge in [-0.1, -0.05) is 13.8 Å². The molecule has 0 saturated carbocycles. The zero-order valence-electron chi connectivity index (χ0n) is 5.61. The Kier molecular flexibility index (Phi) is 18.6. The molecule has 53 valence electrons. The molecule has 9 heavy (non-hydrogen) atoms. The van der Waals surface area contributed by atoms with Gasteiger partial charge < -0.3 is 10.2 Å². The maximum atomic E-state index is 9.33. The predicted octanol–water partition coefficient (Wildman–Crippen LogP) is -0.242. The van der Waals surface area contributed by atoms with Crippen LogP contribution in [0.15, 0.2) is 24.7 Å². The molecule has 0 spiro atoms. The maximum absolute atomic E-state index is 9.33. The molecule has 0 heterocycles. The van der Waals surface area contributed by atoms with Gasteiger partial charge in [-0.2, -0.15) is 0 Å². The molecule has 0 rings (SSSR count). The van der Waals surface area contributed by atoms with Gasteiger partial charge in [-0.05, 0) is 0 Å². The third-order valence-electron chi connectivity index (χ3n) is 0. The molecular formula is C6H10MnO2. The molecule has 3 heteroatoms. The van der Waals surface area contributed by atoms with Gasteiger partial charge in [-0.25, -0.2) is 0 Å². The Morgan fingerprint density at radius 3 is 1.00 bits per heavy atom. The largest absolute Gasteiger partial charge is 2.00 e. The van der Waals surface area contributed by atoms with Crippen LogP contribution in [0.25, 0.3) is 0 Å². The molecular weight excluding hydrogens is 159 g/mol. The molecule has 0 bridgehead atoms. The summed E-state index contributed by atoms with van der Waals surface area (Å²) in [7, 11) is 0. The van der Waals surface area contributed by atoms with E-state index in [0.29, 0.717) is 0 Å². The Morgan fingerprint density at radius 1 is 1.00 bits per heavy atom. The number of rotatable bonds is 0. The first-order valence-electron chi connectivity index (χ1n) is 2.12. The molecule has 2 nitrogen and oxygen atoms in total. The third-order valence-corrected chi connectivity index (χ3v) is 0. The minimum atomic E-state index is -0.0833. The molecule has 0 aliphatic rings. The Hall–Kier alpha value is -0.401. The Labute approximate surface area is 66.4 Å². The molecule has 0 unspecified atom stereocenters. The second-order valence-electron chi connectivity index (χ2n) is 1.40. The van der Waals surface area contributed by atoms with E-state index >= 15 is 0 Å². The van der Waals surface area contributed by atoms with E-state index in [9.17, 15) is 10.2 Å². The van der Waals surface area contributed by atoms with E-state index in [2.05, 4.69) is 13.2 Å². The quantitative estimate of drug-likeness (QED) is 0.371. The van der Waals surface area contributed by atoms with Gasteiger partial charge in [0.05, 0.1) is 0 Å². The first kappa shape index (κ1) is 15.8. The van der Waals surface area contributed by atoms with Gasteiger partial charge in [-0.15, -0.1) is 24.7 Å². The number of hydrogen-bond acceptors (Lipinski definition) is 2. The van der Waals surface area contributed by atoms with Crippen molar-refractivity contribution in [2.45, 2.75) is 13.8 Å². The van der Waals surface area contributed by atoms with E-state index in [1.54, 1.807) is 0 Å². The molecule has 0 aliphatic heterocycles. The van der Waals surface area contributed by atoms with Crippen LogP contribution in [0.3, 0.4) is 0 Å². The monoisotopic (exact) mass is 169 g/mol. The van der Waals surface area contributed by atoms with Gasteiger partial charge in [0.15, 0.2) is 0 Å². The van der Waals surface area contributed by atoms with Crippen LogP contribution in [0.2, 0.25) is 0 Å². The van der Waals surface area contributed by atoms with E-state index in [4.69, 9.17) is 0 Å². The molecule has 0 aromatic rings. The van der Waals surface area contributed by atoms with Crippen LogP contribution in [0.1, 0.15) is 13.8 Å². The first-order chi connectivity index (χ1) is 3.46. The van der Waals surface area contributed by atoms with Gasteiger partial charge in [0.25, 0.3) is 0 Å². The number of allylic oxidation sites excluding steroid dienone is 2. The second-order valence-corrected chi connectivity index (χ2v) is 1.40. The first-order valence-corrected chi connectivity index (χ1v) is 2.12.